The van der Waals surface area contributed by atoms with Crippen molar-refractivity contribution in [2.45, 2.75) is 0 Å². The zero-order valence-corrected chi connectivity index (χ0v) is 31.7. The van der Waals surface area contributed by atoms with E-state index in [-0.39, 0.29) is 0 Å². The van der Waals surface area contributed by atoms with Crippen LogP contribution in [0.3, 0.4) is 0 Å². The lowest BCUT2D eigenvalue weighted by molar-refractivity contribution is -0.129. The van der Waals surface area contributed by atoms with Gasteiger partial charge in [-0.15, -0.1) is 0 Å². The maximum absolute atomic E-state index is 11.7. The quantitative estimate of drug-likeness (QED) is 0.0477. The van der Waals surface area contributed by atoms with Gasteiger partial charge in [-0.25, -0.2) is 9.59 Å². The highest BCUT2D eigenvalue weighted by atomic mass is 16.5. The molecule has 6 heteroatoms. The van der Waals surface area contributed by atoms with Gasteiger partial charge in [0.05, 0.1) is 0 Å². The summed E-state index contributed by atoms with van der Waals surface area (Å²) in [6.45, 7) is 6.93. The monoisotopic (exact) mass is 756 g/mol. The third-order valence-electron chi connectivity index (χ3n) is 9.16. The molecule has 0 heterocycles. The molecule has 0 fully saturated rings. The standard InChI is InChI=1S/C52H40N2O4/c1-3-51(55)57-49-35-31-47(32-36-49)53(43-11-7-5-8-12-43)45-27-23-41(24-28-45)21-19-39-15-17-40(18-16-39)20-22-42-25-29-46(30-26-42)54(44-13-9-6-10-14-44)48-33-37-50(38-34-48)58-52(56)4-2/h3-38H,1-2H2/b21-19+,22-20+. The molecule has 0 saturated carbocycles. The van der Waals surface area contributed by atoms with Crippen molar-refractivity contribution in [3.05, 3.63) is 230 Å². The molecule has 0 unspecified atom stereocenters. The Bertz CT molecular complexity index is 2350. The average Bonchev–Trinajstić information content (AvgIpc) is 3.28. The Morgan fingerprint density at radius 2 is 0.586 bits per heavy atom. The summed E-state index contributed by atoms with van der Waals surface area (Å²) in [4.78, 5) is 27.6. The fourth-order valence-electron chi connectivity index (χ4n) is 6.26. The number of hydrogen-bond donors (Lipinski definition) is 0. The lowest BCUT2D eigenvalue weighted by atomic mass is 10.1. The molecule has 0 bridgehead atoms. The van der Waals surface area contributed by atoms with Crippen LogP contribution in [0.4, 0.5) is 34.1 Å². The fraction of sp³-hybridized carbons (Fsp3) is 0. The predicted molar refractivity (Wildman–Crippen MR) is 238 cm³/mol. The van der Waals surface area contributed by atoms with E-state index in [9.17, 15) is 9.59 Å². The summed E-state index contributed by atoms with van der Waals surface area (Å²) in [7, 11) is 0. The van der Waals surface area contributed by atoms with E-state index in [1.807, 2.05) is 60.7 Å². The Morgan fingerprint density at radius 3 is 0.862 bits per heavy atom. The maximum atomic E-state index is 11.7. The first-order valence-electron chi connectivity index (χ1n) is 18.7. The molecule has 0 aliphatic carbocycles. The third-order valence-corrected chi connectivity index (χ3v) is 9.16. The van der Waals surface area contributed by atoms with Crippen LogP contribution in [0.5, 0.6) is 11.5 Å². The van der Waals surface area contributed by atoms with Crippen molar-refractivity contribution in [1.82, 2.24) is 0 Å². The highest BCUT2D eigenvalue weighted by Gasteiger charge is 2.14. The van der Waals surface area contributed by atoms with Crippen LogP contribution in [-0.4, -0.2) is 11.9 Å². The van der Waals surface area contributed by atoms with Crippen molar-refractivity contribution in [3.63, 3.8) is 0 Å². The highest BCUT2D eigenvalue weighted by molar-refractivity contribution is 5.85. The van der Waals surface area contributed by atoms with E-state index in [0.717, 1.165) is 68.5 Å². The van der Waals surface area contributed by atoms with E-state index in [0.29, 0.717) is 11.5 Å². The van der Waals surface area contributed by atoms with Gasteiger partial charge in [0.2, 0.25) is 0 Å². The number of anilines is 6. The topological polar surface area (TPSA) is 59.1 Å². The van der Waals surface area contributed by atoms with Crippen LogP contribution in [0, 0.1) is 0 Å². The predicted octanol–water partition coefficient (Wildman–Crippen LogP) is 13.1. The largest absolute Gasteiger partial charge is 0.423 e. The van der Waals surface area contributed by atoms with Crippen LogP contribution >= 0.6 is 0 Å². The molecule has 58 heavy (non-hydrogen) atoms. The normalized spacial score (nSPS) is 10.9. The van der Waals surface area contributed by atoms with E-state index in [4.69, 9.17) is 9.47 Å². The minimum atomic E-state index is -0.493. The molecule has 0 aliphatic heterocycles. The number of hydrogen-bond acceptors (Lipinski definition) is 6. The highest BCUT2D eigenvalue weighted by Crippen LogP contribution is 2.37. The van der Waals surface area contributed by atoms with Gasteiger partial charge in [-0.2, -0.15) is 0 Å². The number of benzene rings is 7. The van der Waals surface area contributed by atoms with Gasteiger partial charge in [0.1, 0.15) is 11.5 Å². The zero-order chi connectivity index (χ0) is 40.1. The first kappa shape index (κ1) is 38.3. The first-order valence-corrected chi connectivity index (χ1v) is 18.7. The molecule has 0 saturated heterocycles. The molecule has 0 N–H and O–H groups in total. The molecule has 7 aromatic carbocycles. The van der Waals surface area contributed by atoms with Gasteiger partial charge in [-0.3, -0.25) is 0 Å². The smallest absolute Gasteiger partial charge is 0.335 e. The van der Waals surface area contributed by atoms with Gasteiger partial charge in [0.15, 0.2) is 0 Å². The Hall–Kier alpha value is -7.96. The number of rotatable bonds is 14. The van der Waals surface area contributed by atoms with Gasteiger partial charge in [-0.1, -0.05) is 122 Å². The Balaban J connectivity index is 1.01. The average molecular weight is 757 g/mol. The zero-order valence-electron chi connectivity index (χ0n) is 31.7. The van der Waals surface area contributed by atoms with Crippen LogP contribution in [0.1, 0.15) is 22.3 Å². The molecular weight excluding hydrogens is 717 g/mol. The number of para-hydroxylation sites is 2. The van der Waals surface area contributed by atoms with E-state index in [1.165, 1.54) is 0 Å². The van der Waals surface area contributed by atoms with Crippen LogP contribution < -0.4 is 19.3 Å². The van der Waals surface area contributed by atoms with Crippen LogP contribution in [0.2, 0.25) is 0 Å². The van der Waals surface area contributed by atoms with Crippen molar-refractivity contribution in [3.8, 4) is 11.5 Å². The first-order chi connectivity index (χ1) is 28.4. The molecule has 282 valence electrons. The Morgan fingerprint density at radius 1 is 0.345 bits per heavy atom. The second-order valence-electron chi connectivity index (χ2n) is 13.1. The summed E-state index contributed by atoms with van der Waals surface area (Å²) in [6, 6.07) is 60.3. The van der Waals surface area contributed by atoms with Crippen LogP contribution in [0.15, 0.2) is 207 Å². The summed E-state index contributed by atoms with van der Waals surface area (Å²) in [5.74, 6) is -0.0684. The summed E-state index contributed by atoms with van der Waals surface area (Å²) < 4.78 is 10.5. The van der Waals surface area contributed by atoms with Crippen LogP contribution in [0.25, 0.3) is 24.3 Å². The van der Waals surface area contributed by atoms with E-state index in [2.05, 4.69) is 144 Å². The third kappa shape index (κ3) is 9.82. The summed E-state index contributed by atoms with van der Waals surface area (Å²) >= 11 is 0. The number of carbonyl (C=O) groups excluding carboxylic acids is 2. The second kappa shape index (κ2) is 18.6. The van der Waals surface area contributed by atoms with Gasteiger partial charge < -0.3 is 19.3 Å². The van der Waals surface area contributed by atoms with Gasteiger partial charge >= 0.3 is 11.9 Å². The molecule has 0 atom stereocenters. The molecule has 7 aromatic rings. The fourth-order valence-corrected chi connectivity index (χ4v) is 6.26. The minimum Gasteiger partial charge on any atom is -0.423 e. The molecule has 7 rings (SSSR count). The molecule has 0 spiro atoms. The van der Waals surface area contributed by atoms with Gasteiger partial charge in [-0.05, 0) is 119 Å². The number of nitrogens with zero attached hydrogens (tertiary/aromatic N) is 2. The van der Waals surface area contributed by atoms with E-state index in [1.54, 1.807) is 24.3 Å². The molecule has 0 radical (unpaired) electrons. The van der Waals surface area contributed by atoms with Crippen LogP contribution in [-0.2, 0) is 9.59 Å². The number of carbonyl (C=O) groups is 2. The molecular formula is C52H40N2O4. The van der Waals surface area contributed by atoms with Crippen molar-refractivity contribution in [2.24, 2.45) is 0 Å². The molecule has 6 nitrogen and oxygen atoms in total. The second-order valence-corrected chi connectivity index (χ2v) is 13.1. The van der Waals surface area contributed by atoms with Gasteiger partial charge in [0.25, 0.3) is 0 Å². The van der Waals surface area contributed by atoms with Crippen molar-refractivity contribution in [1.29, 1.82) is 0 Å². The van der Waals surface area contributed by atoms with E-state index < -0.39 is 11.9 Å². The summed E-state index contributed by atoms with van der Waals surface area (Å²) in [6.07, 6.45) is 10.7. The Labute approximate surface area is 339 Å². The summed E-state index contributed by atoms with van der Waals surface area (Å²) in [5, 5.41) is 0. The number of ether oxygens (including phenoxy) is 2. The summed E-state index contributed by atoms with van der Waals surface area (Å²) in [5.41, 5.74) is 10.2. The molecule has 0 aromatic heterocycles. The van der Waals surface area contributed by atoms with E-state index >= 15 is 0 Å². The maximum Gasteiger partial charge on any atom is 0.335 e. The molecule has 0 amide bonds. The lowest BCUT2D eigenvalue weighted by Gasteiger charge is -2.25. The lowest BCUT2D eigenvalue weighted by Crippen LogP contribution is -2.10. The number of esters is 2. The Kier molecular flexibility index (Phi) is 12.3. The van der Waals surface area contributed by atoms with Gasteiger partial charge in [0, 0.05) is 46.3 Å². The SMILES string of the molecule is C=CC(=O)Oc1ccc(N(c2ccccc2)c2ccc(/C=C/c3ccc(/C=C/c4ccc(N(c5ccccc5)c5ccc(OC(=O)C=C)cc5)cc4)cc3)cc2)cc1. The molecule has 0 aliphatic rings. The van der Waals surface area contributed by atoms with Crippen molar-refractivity contribution < 1.29 is 19.1 Å². The minimum absolute atomic E-state index is 0.459. The van der Waals surface area contributed by atoms with Crippen molar-refractivity contribution >= 4 is 70.4 Å². The van der Waals surface area contributed by atoms with Crippen molar-refractivity contribution in [2.75, 3.05) is 9.80 Å².